The largest absolute Gasteiger partial charge is 0.325 e. The molecular formula is C15H21ClN2O2. The summed E-state index contributed by atoms with van der Waals surface area (Å²) in [5.74, 6) is 0. The van der Waals surface area contributed by atoms with Crippen molar-refractivity contribution >= 4 is 17.3 Å². The van der Waals surface area contributed by atoms with Crippen molar-refractivity contribution in [3.63, 3.8) is 0 Å². The van der Waals surface area contributed by atoms with Crippen LogP contribution in [0.3, 0.4) is 0 Å². The van der Waals surface area contributed by atoms with Crippen LogP contribution in [0, 0.1) is 15.5 Å². The van der Waals surface area contributed by atoms with Crippen LogP contribution in [0.2, 0.25) is 5.02 Å². The molecule has 1 aromatic carbocycles. The lowest BCUT2D eigenvalue weighted by Gasteiger charge is -2.41. The molecule has 0 bridgehead atoms. The first-order valence-corrected chi connectivity index (χ1v) is 7.30. The van der Waals surface area contributed by atoms with Gasteiger partial charge in [-0.15, -0.1) is 0 Å². The number of benzene rings is 1. The van der Waals surface area contributed by atoms with Gasteiger partial charge in [0.2, 0.25) is 0 Å². The van der Waals surface area contributed by atoms with E-state index < -0.39 is 4.92 Å². The smallest absolute Gasteiger partial charge is 0.270 e. The molecule has 1 aliphatic carbocycles. The highest BCUT2D eigenvalue weighted by atomic mass is 35.5. The molecule has 1 saturated carbocycles. The highest BCUT2D eigenvalue weighted by Crippen LogP contribution is 2.41. The third-order valence-corrected chi connectivity index (χ3v) is 4.74. The topological polar surface area (TPSA) is 69.2 Å². The van der Waals surface area contributed by atoms with Crippen molar-refractivity contribution in [3.05, 3.63) is 38.9 Å². The van der Waals surface area contributed by atoms with Crippen molar-refractivity contribution in [1.29, 1.82) is 0 Å². The molecule has 0 heterocycles. The fourth-order valence-corrected chi connectivity index (χ4v) is 3.02. The molecule has 0 amide bonds. The van der Waals surface area contributed by atoms with Crippen LogP contribution in [0.15, 0.2) is 18.2 Å². The Kier molecular flexibility index (Phi) is 4.07. The summed E-state index contributed by atoms with van der Waals surface area (Å²) >= 11 is 6.15. The molecule has 1 aromatic rings. The minimum Gasteiger partial charge on any atom is -0.325 e. The Morgan fingerprint density at radius 1 is 1.30 bits per heavy atom. The van der Waals surface area contributed by atoms with Gasteiger partial charge in [-0.2, -0.15) is 0 Å². The second-order valence-electron chi connectivity index (χ2n) is 6.74. The molecule has 0 aliphatic heterocycles. The number of halogens is 1. The molecular weight excluding hydrogens is 276 g/mol. The monoisotopic (exact) mass is 296 g/mol. The maximum Gasteiger partial charge on any atom is 0.270 e. The first-order valence-electron chi connectivity index (χ1n) is 6.93. The van der Waals surface area contributed by atoms with Gasteiger partial charge in [-0.05, 0) is 43.1 Å². The summed E-state index contributed by atoms with van der Waals surface area (Å²) in [7, 11) is 0. The molecule has 1 aliphatic rings. The molecule has 110 valence electrons. The number of hydrogen-bond acceptors (Lipinski definition) is 3. The van der Waals surface area contributed by atoms with E-state index in [0.717, 1.165) is 31.2 Å². The third-order valence-electron chi connectivity index (χ3n) is 4.39. The molecule has 0 aromatic heterocycles. The normalized spacial score (nSPS) is 20.6. The average Bonchev–Trinajstić information content (AvgIpc) is 2.36. The predicted molar refractivity (Wildman–Crippen MR) is 81.0 cm³/mol. The van der Waals surface area contributed by atoms with Crippen LogP contribution in [-0.4, -0.2) is 10.5 Å². The van der Waals surface area contributed by atoms with Crippen molar-refractivity contribution < 1.29 is 4.92 Å². The highest BCUT2D eigenvalue weighted by Gasteiger charge is 2.35. The lowest BCUT2D eigenvalue weighted by atomic mass is 9.68. The number of nitrogens with two attached hydrogens (primary N) is 1. The molecule has 0 saturated heterocycles. The van der Waals surface area contributed by atoms with E-state index in [9.17, 15) is 10.1 Å². The Balaban J connectivity index is 2.12. The molecule has 4 nitrogen and oxygen atoms in total. The van der Waals surface area contributed by atoms with E-state index in [0.29, 0.717) is 16.9 Å². The maximum absolute atomic E-state index is 10.7. The number of rotatable bonds is 3. The molecule has 5 heteroatoms. The van der Waals surface area contributed by atoms with Gasteiger partial charge >= 0.3 is 0 Å². The Morgan fingerprint density at radius 3 is 2.40 bits per heavy atom. The molecule has 0 radical (unpaired) electrons. The fourth-order valence-electron chi connectivity index (χ4n) is 2.77. The zero-order valence-corrected chi connectivity index (χ0v) is 12.7. The molecule has 2 N–H and O–H groups in total. The van der Waals surface area contributed by atoms with Crippen LogP contribution >= 0.6 is 11.6 Å². The van der Waals surface area contributed by atoms with Crippen LogP contribution < -0.4 is 5.73 Å². The van der Waals surface area contributed by atoms with Crippen LogP contribution in [-0.2, 0) is 6.42 Å². The van der Waals surface area contributed by atoms with E-state index in [4.69, 9.17) is 17.3 Å². The summed E-state index contributed by atoms with van der Waals surface area (Å²) in [6, 6.07) is 4.64. The Morgan fingerprint density at radius 2 is 1.90 bits per heavy atom. The molecule has 0 unspecified atom stereocenters. The van der Waals surface area contributed by atoms with Gasteiger partial charge in [-0.3, -0.25) is 10.1 Å². The van der Waals surface area contributed by atoms with Crippen molar-refractivity contribution in [3.8, 4) is 0 Å². The summed E-state index contributed by atoms with van der Waals surface area (Å²) in [5.41, 5.74) is 7.53. The summed E-state index contributed by atoms with van der Waals surface area (Å²) in [6.07, 6.45) is 4.82. The Labute approximate surface area is 124 Å². The molecule has 0 spiro atoms. The van der Waals surface area contributed by atoms with Gasteiger partial charge in [0.05, 0.1) is 9.95 Å². The van der Waals surface area contributed by atoms with E-state index in [-0.39, 0.29) is 11.2 Å². The van der Waals surface area contributed by atoms with Crippen LogP contribution in [0.25, 0.3) is 0 Å². The second-order valence-corrected chi connectivity index (χ2v) is 7.14. The SMILES string of the molecule is CC1(C)CCC(N)(Cc2ccc([N+](=O)[O-])cc2Cl)CC1. The lowest BCUT2D eigenvalue weighted by Crippen LogP contribution is -2.46. The zero-order chi connectivity index (χ0) is 15.0. The number of non-ortho nitro benzene ring substituents is 1. The van der Waals surface area contributed by atoms with E-state index >= 15 is 0 Å². The molecule has 1 fully saturated rings. The first kappa shape index (κ1) is 15.3. The summed E-state index contributed by atoms with van der Waals surface area (Å²) < 4.78 is 0. The second kappa shape index (κ2) is 5.34. The van der Waals surface area contributed by atoms with Crippen molar-refractivity contribution in [2.45, 2.75) is 51.5 Å². The Hall–Kier alpha value is -1.13. The number of hydrogen-bond donors (Lipinski definition) is 1. The molecule has 2 rings (SSSR count). The van der Waals surface area contributed by atoms with Gasteiger partial charge in [0.15, 0.2) is 0 Å². The van der Waals surface area contributed by atoms with Crippen molar-refractivity contribution in [1.82, 2.24) is 0 Å². The summed E-state index contributed by atoms with van der Waals surface area (Å²) in [6.45, 7) is 4.54. The number of nitrogens with zero attached hydrogens (tertiary/aromatic N) is 1. The first-order chi connectivity index (χ1) is 9.21. The van der Waals surface area contributed by atoms with E-state index in [1.807, 2.05) is 0 Å². The van der Waals surface area contributed by atoms with E-state index in [1.54, 1.807) is 6.07 Å². The van der Waals surface area contributed by atoms with Crippen LogP contribution in [0.5, 0.6) is 0 Å². The van der Waals surface area contributed by atoms with Crippen molar-refractivity contribution in [2.24, 2.45) is 11.1 Å². The predicted octanol–water partition coefficient (Wildman–Crippen LogP) is 4.09. The number of nitro benzene ring substituents is 1. The zero-order valence-electron chi connectivity index (χ0n) is 12.0. The van der Waals surface area contributed by atoms with Gasteiger partial charge in [-0.1, -0.05) is 31.5 Å². The van der Waals surface area contributed by atoms with Crippen LogP contribution in [0.1, 0.15) is 45.1 Å². The maximum atomic E-state index is 10.7. The van der Waals surface area contributed by atoms with Gasteiger partial charge in [-0.25, -0.2) is 0 Å². The molecule has 0 atom stereocenters. The standard InChI is InChI=1S/C15H21ClN2O2/c1-14(2)5-7-15(17,8-6-14)10-11-3-4-12(18(19)20)9-13(11)16/h3-4,9H,5-8,10,17H2,1-2H3. The van der Waals surface area contributed by atoms with Gasteiger partial charge < -0.3 is 5.73 Å². The fraction of sp³-hybridized carbons (Fsp3) is 0.600. The van der Waals surface area contributed by atoms with E-state index in [2.05, 4.69) is 13.8 Å². The third kappa shape index (κ3) is 3.49. The van der Waals surface area contributed by atoms with Gasteiger partial charge in [0, 0.05) is 17.7 Å². The van der Waals surface area contributed by atoms with E-state index in [1.165, 1.54) is 12.1 Å². The van der Waals surface area contributed by atoms with Gasteiger partial charge in [0.1, 0.15) is 0 Å². The number of nitro groups is 1. The minimum atomic E-state index is -0.434. The lowest BCUT2D eigenvalue weighted by molar-refractivity contribution is -0.384. The average molecular weight is 297 g/mol. The minimum absolute atomic E-state index is 0.0228. The highest BCUT2D eigenvalue weighted by molar-refractivity contribution is 6.31. The Bertz CT molecular complexity index is 519. The van der Waals surface area contributed by atoms with Crippen molar-refractivity contribution in [2.75, 3.05) is 0 Å². The molecule has 20 heavy (non-hydrogen) atoms. The van der Waals surface area contributed by atoms with Gasteiger partial charge in [0.25, 0.3) is 5.69 Å². The summed E-state index contributed by atoms with van der Waals surface area (Å²) in [5, 5.41) is 11.1. The van der Waals surface area contributed by atoms with Crippen LogP contribution in [0.4, 0.5) is 5.69 Å². The quantitative estimate of drug-likeness (QED) is 0.674. The summed E-state index contributed by atoms with van der Waals surface area (Å²) in [4.78, 5) is 10.3.